The Kier molecular flexibility index (Phi) is 4.91. The average molecular weight is 281 g/mol. The van der Waals surface area contributed by atoms with Crippen LogP contribution in [0.25, 0.3) is 0 Å². The van der Waals surface area contributed by atoms with Gasteiger partial charge in [0.15, 0.2) is 0 Å². The molecule has 4 heteroatoms. The predicted octanol–water partition coefficient (Wildman–Crippen LogP) is 2.45. The highest BCUT2D eigenvalue weighted by atomic mass is 16.3. The SMILES string of the molecule is CC(C)(O)CCNc1cnc(C#Cc2ccccc2)cn1. The molecule has 1 heterocycles. The van der Waals surface area contributed by atoms with E-state index in [2.05, 4.69) is 27.1 Å². The molecule has 0 fully saturated rings. The molecule has 21 heavy (non-hydrogen) atoms. The van der Waals surface area contributed by atoms with Gasteiger partial charge in [-0.25, -0.2) is 9.97 Å². The Labute approximate surface area is 125 Å². The van der Waals surface area contributed by atoms with Gasteiger partial charge in [-0.2, -0.15) is 0 Å². The van der Waals surface area contributed by atoms with Gasteiger partial charge in [-0.3, -0.25) is 0 Å². The van der Waals surface area contributed by atoms with E-state index < -0.39 is 5.60 Å². The van der Waals surface area contributed by atoms with E-state index in [0.29, 0.717) is 24.5 Å². The Morgan fingerprint density at radius 2 is 1.86 bits per heavy atom. The first-order valence-electron chi connectivity index (χ1n) is 6.88. The molecule has 0 atom stereocenters. The van der Waals surface area contributed by atoms with E-state index in [4.69, 9.17) is 0 Å². The van der Waals surface area contributed by atoms with Crippen molar-refractivity contribution in [2.75, 3.05) is 11.9 Å². The zero-order valence-corrected chi connectivity index (χ0v) is 12.3. The summed E-state index contributed by atoms with van der Waals surface area (Å²) in [7, 11) is 0. The summed E-state index contributed by atoms with van der Waals surface area (Å²) in [5, 5.41) is 12.7. The molecule has 0 saturated heterocycles. The fourth-order valence-corrected chi connectivity index (χ4v) is 1.64. The Bertz CT molecular complexity index is 619. The number of hydrogen-bond donors (Lipinski definition) is 2. The summed E-state index contributed by atoms with van der Waals surface area (Å²) in [5.41, 5.74) is 0.903. The molecular formula is C17H19N3O. The van der Waals surface area contributed by atoms with Crippen molar-refractivity contribution in [2.24, 2.45) is 0 Å². The van der Waals surface area contributed by atoms with Crippen LogP contribution < -0.4 is 5.32 Å². The van der Waals surface area contributed by atoms with Crippen molar-refractivity contribution in [1.82, 2.24) is 9.97 Å². The molecular weight excluding hydrogens is 262 g/mol. The maximum absolute atomic E-state index is 9.62. The first-order valence-corrected chi connectivity index (χ1v) is 6.88. The zero-order chi connectivity index (χ0) is 15.1. The Hall–Kier alpha value is -2.38. The number of nitrogens with zero attached hydrogens (tertiary/aromatic N) is 2. The smallest absolute Gasteiger partial charge is 0.144 e. The van der Waals surface area contributed by atoms with Crippen LogP contribution in [0, 0.1) is 11.8 Å². The van der Waals surface area contributed by atoms with Gasteiger partial charge in [0.2, 0.25) is 0 Å². The van der Waals surface area contributed by atoms with E-state index in [9.17, 15) is 5.11 Å². The molecule has 2 N–H and O–H groups in total. The lowest BCUT2D eigenvalue weighted by Gasteiger charge is -2.16. The third kappa shape index (κ3) is 5.64. The first kappa shape index (κ1) is 15.0. The molecule has 0 aliphatic carbocycles. The summed E-state index contributed by atoms with van der Waals surface area (Å²) >= 11 is 0. The molecule has 1 aromatic heterocycles. The lowest BCUT2D eigenvalue weighted by atomic mass is 10.1. The normalized spacial score (nSPS) is 10.6. The molecule has 0 unspecified atom stereocenters. The Morgan fingerprint density at radius 3 is 2.48 bits per heavy atom. The van der Waals surface area contributed by atoms with Crippen molar-refractivity contribution in [2.45, 2.75) is 25.9 Å². The molecule has 2 aromatic rings. The van der Waals surface area contributed by atoms with Crippen LogP contribution in [0.2, 0.25) is 0 Å². The maximum Gasteiger partial charge on any atom is 0.144 e. The third-order valence-electron chi connectivity index (χ3n) is 2.80. The maximum atomic E-state index is 9.62. The second-order valence-corrected chi connectivity index (χ2v) is 5.39. The summed E-state index contributed by atoms with van der Waals surface area (Å²) in [5.74, 6) is 6.70. The Morgan fingerprint density at radius 1 is 1.10 bits per heavy atom. The van der Waals surface area contributed by atoms with Gasteiger partial charge in [0.25, 0.3) is 0 Å². The molecule has 0 amide bonds. The van der Waals surface area contributed by atoms with Crippen molar-refractivity contribution in [3.63, 3.8) is 0 Å². The van der Waals surface area contributed by atoms with Crippen LogP contribution in [0.1, 0.15) is 31.5 Å². The summed E-state index contributed by atoms with van der Waals surface area (Å²) in [6, 6.07) is 9.76. The molecule has 1 aromatic carbocycles. The van der Waals surface area contributed by atoms with Gasteiger partial charge in [-0.05, 0) is 38.3 Å². The highest BCUT2D eigenvalue weighted by molar-refractivity contribution is 5.40. The zero-order valence-electron chi connectivity index (χ0n) is 12.3. The molecule has 0 saturated carbocycles. The van der Waals surface area contributed by atoms with Gasteiger partial charge in [0, 0.05) is 12.1 Å². The van der Waals surface area contributed by atoms with E-state index in [1.165, 1.54) is 0 Å². The van der Waals surface area contributed by atoms with Crippen LogP contribution in [0.3, 0.4) is 0 Å². The summed E-state index contributed by atoms with van der Waals surface area (Å²) in [6.07, 6.45) is 3.94. The molecule has 0 aliphatic rings. The number of aliphatic hydroxyl groups is 1. The first-order chi connectivity index (χ1) is 10.0. The van der Waals surface area contributed by atoms with E-state index in [1.807, 2.05) is 30.3 Å². The van der Waals surface area contributed by atoms with Crippen LogP contribution in [0.5, 0.6) is 0 Å². The highest BCUT2D eigenvalue weighted by Crippen LogP contribution is 2.08. The largest absolute Gasteiger partial charge is 0.390 e. The number of benzene rings is 1. The minimum atomic E-state index is -0.679. The standard InChI is InChI=1S/C17H19N3O/c1-17(2,21)10-11-18-16-13-19-15(12-20-16)9-8-14-6-4-3-5-7-14/h3-7,12-13,21H,10-11H2,1-2H3,(H,18,20). The second-order valence-electron chi connectivity index (χ2n) is 5.39. The number of rotatable bonds is 4. The number of anilines is 1. The second kappa shape index (κ2) is 6.87. The van der Waals surface area contributed by atoms with Crippen molar-refractivity contribution in [3.8, 4) is 11.8 Å². The summed E-state index contributed by atoms with van der Waals surface area (Å²) < 4.78 is 0. The van der Waals surface area contributed by atoms with Crippen LogP contribution in [0.4, 0.5) is 5.82 Å². The van der Waals surface area contributed by atoms with Crippen LogP contribution in [-0.4, -0.2) is 27.2 Å². The van der Waals surface area contributed by atoms with E-state index in [0.717, 1.165) is 5.56 Å². The Balaban J connectivity index is 1.92. The molecule has 0 radical (unpaired) electrons. The van der Waals surface area contributed by atoms with Crippen molar-refractivity contribution in [1.29, 1.82) is 0 Å². The topological polar surface area (TPSA) is 58.0 Å². The van der Waals surface area contributed by atoms with Crippen molar-refractivity contribution < 1.29 is 5.11 Å². The van der Waals surface area contributed by atoms with Gasteiger partial charge < -0.3 is 10.4 Å². The van der Waals surface area contributed by atoms with Crippen LogP contribution >= 0.6 is 0 Å². The van der Waals surface area contributed by atoms with Crippen LogP contribution in [0.15, 0.2) is 42.7 Å². The fourth-order valence-electron chi connectivity index (χ4n) is 1.64. The lowest BCUT2D eigenvalue weighted by molar-refractivity contribution is 0.0748. The quantitative estimate of drug-likeness (QED) is 0.845. The monoisotopic (exact) mass is 281 g/mol. The molecule has 4 nitrogen and oxygen atoms in total. The molecule has 0 aliphatic heterocycles. The van der Waals surface area contributed by atoms with Crippen molar-refractivity contribution >= 4 is 5.82 Å². The molecule has 0 bridgehead atoms. The minimum Gasteiger partial charge on any atom is -0.390 e. The van der Waals surface area contributed by atoms with Gasteiger partial charge in [-0.15, -0.1) is 0 Å². The van der Waals surface area contributed by atoms with Gasteiger partial charge in [0.05, 0.1) is 18.0 Å². The van der Waals surface area contributed by atoms with Gasteiger partial charge in [0.1, 0.15) is 11.5 Å². The lowest BCUT2D eigenvalue weighted by Crippen LogP contribution is -2.22. The number of aromatic nitrogens is 2. The summed E-state index contributed by atoms with van der Waals surface area (Å²) in [6.45, 7) is 4.21. The minimum absolute atomic E-state index is 0.631. The fraction of sp³-hybridized carbons (Fsp3) is 0.294. The molecule has 0 spiro atoms. The van der Waals surface area contributed by atoms with Crippen LogP contribution in [-0.2, 0) is 0 Å². The van der Waals surface area contributed by atoms with Crippen molar-refractivity contribution in [3.05, 3.63) is 54.0 Å². The third-order valence-corrected chi connectivity index (χ3v) is 2.80. The number of nitrogens with one attached hydrogen (secondary N) is 1. The molecule has 2 rings (SSSR count). The van der Waals surface area contributed by atoms with Gasteiger partial charge in [-0.1, -0.05) is 24.1 Å². The highest BCUT2D eigenvalue weighted by Gasteiger charge is 2.11. The average Bonchev–Trinajstić information content (AvgIpc) is 2.46. The van der Waals surface area contributed by atoms with E-state index in [1.54, 1.807) is 26.2 Å². The van der Waals surface area contributed by atoms with Gasteiger partial charge >= 0.3 is 0 Å². The van der Waals surface area contributed by atoms with E-state index in [-0.39, 0.29) is 0 Å². The van der Waals surface area contributed by atoms with E-state index >= 15 is 0 Å². The predicted molar refractivity (Wildman–Crippen MR) is 83.9 cm³/mol. The molecule has 108 valence electrons. The summed E-state index contributed by atoms with van der Waals surface area (Å²) in [4.78, 5) is 8.50. The number of hydrogen-bond acceptors (Lipinski definition) is 4.